The third-order valence-electron chi connectivity index (χ3n) is 3.26. The topological polar surface area (TPSA) is 156 Å². The summed E-state index contributed by atoms with van der Waals surface area (Å²) in [5.74, 6) is 0.163. The van der Waals surface area contributed by atoms with Gasteiger partial charge in [0.1, 0.15) is 17.0 Å². The molecular weight excluding hydrogens is 284 g/mol. The molecular formula is C10H14N6O3S. The SMILES string of the molecule is Nc1nc(N)c2ncn([C@@H]3S[C@H](CO)C(O)C3O)c2n1. The van der Waals surface area contributed by atoms with Gasteiger partial charge in [-0.3, -0.25) is 4.57 Å². The molecule has 20 heavy (non-hydrogen) atoms. The molecule has 0 radical (unpaired) electrons. The molecule has 3 heterocycles. The first-order valence-corrected chi connectivity index (χ1v) is 6.85. The van der Waals surface area contributed by atoms with Gasteiger partial charge in [0.15, 0.2) is 11.5 Å². The molecule has 7 N–H and O–H groups in total. The number of aliphatic hydroxyl groups excluding tert-OH is 3. The predicted molar refractivity (Wildman–Crippen MR) is 73.7 cm³/mol. The van der Waals surface area contributed by atoms with Crippen LogP contribution in [0.4, 0.5) is 11.8 Å². The summed E-state index contributed by atoms with van der Waals surface area (Å²) in [4.78, 5) is 12.0. The zero-order valence-corrected chi connectivity index (χ0v) is 11.1. The second-order valence-corrected chi connectivity index (χ2v) is 5.88. The molecule has 0 saturated carbocycles. The lowest BCUT2D eigenvalue weighted by Gasteiger charge is -2.17. The molecule has 108 valence electrons. The number of nitrogens with zero attached hydrogens (tertiary/aromatic N) is 4. The van der Waals surface area contributed by atoms with E-state index in [4.69, 9.17) is 11.5 Å². The summed E-state index contributed by atoms with van der Waals surface area (Å²) >= 11 is 1.24. The van der Waals surface area contributed by atoms with Gasteiger partial charge in [-0.2, -0.15) is 9.97 Å². The van der Waals surface area contributed by atoms with Crippen molar-refractivity contribution in [2.45, 2.75) is 22.8 Å². The number of thioether (sulfide) groups is 1. The van der Waals surface area contributed by atoms with Gasteiger partial charge in [0, 0.05) is 0 Å². The highest BCUT2D eigenvalue weighted by Gasteiger charge is 2.43. The van der Waals surface area contributed by atoms with Gasteiger partial charge < -0.3 is 26.8 Å². The highest BCUT2D eigenvalue weighted by molar-refractivity contribution is 8.00. The smallest absolute Gasteiger partial charge is 0.224 e. The van der Waals surface area contributed by atoms with Gasteiger partial charge in [-0.05, 0) is 0 Å². The number of imidazole rings is 1. The average Bonchev–Trinajstić information content (AvgIpc) is 2.93. The maximum atomic E-state index is 10.1. The Morgan fingerprint density at radius 1 is 1.25 bits per heavy atom. The number of fused-ring (bicyclic) bond motifs is 1. The van der Waals surface area contributed by atoms with Crippen molar-refractivity contribution >= 4 is 34.7 Å². The van der Waals surface area contributed by atoms with Crippen LogP contribution in [0.2, 0.25) is 0 Å². The lowest BCUT2D eigenvalue weighted by Crippen LogP contribution is -2.32. The average molecular weight is 298 g/mol. The van der Waals surface area contributed by atoms with Crippen molar-refractivity contribution in [3.05, 3.63) is 6.33 Å². The number of nitrogen functional groups attached to an aromatic ring is 2. The van der Waals surface area contributed by atoms with Crippen molar-refractivity contribution in [3.63, 3.8) is 0 Å². The fraction of sp³-hybridized carbons (Fsp3) is 0.500. The van der Waals surface area contributed by atoms with E-state index < -0.39 is 22.8 Å². The van der Waals surface area contributed by atoms with E-state index in [1.165, 1.54) is 18.1 Å². The number of rotatable bonds is 2. The Labute approximate surface area is 117 Å². The van der Waals surface area contributed by atoms with Gasteiger partial charge in [0.25, 0.3) is 0 Å². The number of hydrogen-bond donors (Lipinski definition) is 5. The lowest BCUT2D eigenvalue weighted by atomic mass is 10.1. The molecule has 1 aliphatic rings. The van der Waals surface area contributed by atoms with Crippen LogP contribution < -0.4 is 11.5 Å². The third kappa shape index (κ3) is 1.88. The Morgan fingerprint density at radius 2 is 2.00 bits per heavy atom. The first kappa shape index (κ1) is 13.4. The van der Waals surface area contributed by atoms with Crippen molar-refractivity contribution < 1.29 is 15.3 Å². The standard InChI is InChI=1S/C10H14N6O3S/c11-7-4-8(15-10(12)14-7)16(2-13-4)9-6(19)5(18)3(1-17)20-9/h2-3,5-6,9,17-19H,1H2,(H4,11,12,14,15)/t3-,5?,6?,9-/m1/s1. The van der Waals surface area contributed by atoms with Crippen LogP contribution in [0.1, 0.15) is 5.37 Å². The molecule has 0 amide bonds. The van der Waals surface area contributed by atoms with Gasteiger partial charge in [0.2, 0.25) is 5.95 Å². The number of nitrogens with two attached hydrogens (primary N) is 2. The van der Waals surface area contributed by atoms with Crippen molar-refractivity contribution in [1.82, 2.24) is 19.5 Å². The molecule has 3 rings (SSSR count). The molecule has 2 aromatic heterocycles. The van der Waals surface area contributed by atoms with Crippen LogP contribution in [0.25, 0.3) is 11.2 Å². The molecule has 2 unspecified atom stereocenters. The normalized spacial score (nSPS) is 30.1. The number of hydrogen-bond acceptors (Lipinski definition) is 9. The first-order valence-electron chi connectivity index (χ1n) is 5.91. The largest absolute Gasteiger partial charge is 0.395 e. The van der Waals surface area contributed by atoms with Gasteiger partial charge in [-0.15, -0.1) is 11.8 Å². The molecule has 1 fully saturated rings. The van der Waals surface area contributed by atoms with Crippen LogP contribution in [-0.2, 0) is 0 Å². The van der Waals surface area contributed by atoms with Crippen molar-refractivity contribution in [2.24, 2.45) is 0 Å². The van der Waals surface area contributed by atoms with Crippen LogP contribution in [0.3, 0.4) is 0 Å². The Morgan fingerprint density at radius 3 is 2.65 bits per heavy atom. The second-order valence-electron chi connectivity index (χ2n) is 4.52. The van der Waals surface area contributed by atoms with Crippen molar-refractivity contribution in [1.29, 1.82) is 0 Å². The molecule has 1 saturated heterocycles. The molecule has 0 aliphatic carbocycles. The maximum absolute atomic E-state index is 10.1. The number of aromatic nitrogens is 4. The van der Waals surface area contributed by atoms with Crippen LogP contribution >= 0.6 is 11.8 Å². The van der Waals surface area contributed by atoms with Crippen molar-refractivity contribution in [3.8, 4) is 0 Å². The monoisotopic (exact) mass is 298 g/mol. The minimum atomic E-state index is -1.05. The van der Waals surface area contributed by atoms with Gasteiger partial charge in [-0.1, -0.05) is 0 Å². The summed E-state index contributed by atoms with van der Waals surface area (Å²) in [6.07, 6.45) is -0.612. The van der Waals surface area contributed by atoms with Gasteiger partial charge >= 0.3 is 0 Å². The number of aliphatic hydroxyl groups is 3. The van der Waals surface area contributed by atoms with E-state index in [0.29, 0.717) is 11.2 Å². The van der Waals surface area contributed by atoms with Gasteiger partial charge in [0.05, 0.1) is 24.3 Å². The van der Waals surface area contributed by atoms with E-state index in [1.807, 2.05) is 0 Å². The summed E-state index contributed by atoms with van der Waals surface area (Å²) in [7, 11) is 0. The van der Waals surface area contributed by atoms with Crippen LogP contribution in [0.15, 0.2) is 6.33 Å². The van der Waals surface area contributed by atoms with E-state index >= 15 is 0 Å². The van der Waals surface area contributed by atoms with E-state index in [0.717, 1.165) is 0 Å². The summed E-state index contributed by atoms with van der Waals surface area (Å²) in [6, 6.07) is 0. The molecule has 1 aliphatic heterocycles. The maximum Gasteiger partial charge on any atom is 0.224 e. The minimum Gasteiger partial charge on any atom is -0.395 e. The first-order chi connectivity index (χ1) is 9.52. The second kappa shape index (κ2) is 4.74. The highest BCUT2D eigenvalue weighted by atomic mass is 32.2. The fourth-order valence-electron chi connectivity index (χ4n) is 2.25. The minimum absolute atomic E-state index is 0.00786. The number of anilines is 2. The predicted octanol–water partition coefficient (Wildman–Crippen LogP) is -1.68. The molecule has 10 heteroatoms. The molecule has 4 atom stereocenters. The van der Waals surface area contributed by atoms with E-state index in [9.17, 15) is 15.3 Å². The summed E-state index contributed by atoms with van der Waals surface area (Å²) < 4.78 is 1.58. The van der Waals surface area contributed by atoms with Crippen LogP contribution in [-0.4, -0.2) is 58.9 Å². The van der Waals surface area contributed by atoms with E-state index in [1.54, 1.807) is 4.57 Å². The zero-order valence-electron chi connectivity index (χ0n) is 10.3. The zero-order chi connectivity index (χ0) is 14.4. The molecule has 9 nitrogen and oxygen atoms in total. The lowest BCUT2D eigenvalue weighted by molar-refractivity contribution is 0.0113. The summed E-state index contributed by atoms with van der Waals surface area (Å²) in [5.41, 5.74) is 12.1. The Hall–Kier alpha value is -1.62. The molecule has 0 aromatic carbocycles. The molecule has 0 bridgehead atoms. The highest BCUT2D eigenvalue weighted by Crippen LogP contribution is 2.42. The Balaban J connectivity index is 2.07. The van der Waals surface area contributed by atoms with Gasteiger partial charge in [-0.25, -0.2) is 4.98 Å². The fourth-order valence-corrected chi connectivity index (χ4v) is 3.63. The molecule has 0 spiro atoms. The Kier molecular flexibility index (Phi) is 3.17. The van der Waals surface area contributed by atoms with E-state index in [2.05, 4.69) is 15.0 Å². The Bertz CT molecular complexity index is 649. The van der Waals surface area contributed by atoms with E-state index in [-0.39, 0.29) is 18.4 Å². The quantitative estimate of drug-likeness (QED) is 0.436. The summed E-state index contributed by atoms with van der Waals surface area (Å²) in [6.45, 7) is -0.231. The van der Waals surface area contributed by atoms with Crippen molar-refractivity contribution in [2.75, 3.05) is 18.1 Å². The third-order valence-corrected chi connectivity index (χ3v) is 4.82. The molecule has 2 aromatic rings. The van der Waals surface area contributed by atoms with Crippen LogP contribution in [0, 0.1) is 0 Å². The summed E-state index contributed by atoms with van der Waals surface area (Å²) in [5, 5.41) is 28.1. The van der Waals surface area contributed by atoms with Crippen LogP contribution in [0.5, 0.6) is 0 Å².